The molecule has 0 aliphatic heterocycles. The zero-order chi connectivity index (χ0) is 20.6. The topological polar surface area (TPSA) is 106 Å². The first-order valence-electron chi connectivity index (χ1n) is 9.08. The van der Waals surface area contributed by atoms with Gasteiger partial charge in [0.25, 0.3) is 5.91 Å². The Morgan fingerprint density at radius 3 is 2.55 bits per heavy atom. The van der Waals surface area contributed by atoms with E-state index in [9.17, 15) is 9.59 Å². The predicted octanol–water partition coefficient (Wildman–Crippen LogP) is 3.65. The number of aryl methyl sites for hydroxylation is 1. The Labute approximate surface area is 168 Å². The third kappa shape index (κ3) is 5.55. The van der Waals surface area contributed by atoms with Crippen molar-refractivity contribution in [1.82, 2.24) is 10.3 Å². The van der Waals surface area contributed by atoms with Crippen molar-refractivity contribution >= 4 is 23.4 Å². The number of nitrogens with one attached hydrogen (secondary N) is 2. The summed E-state index contributed by atoms with van der Waals surface area (Å²) < 4.78 is 5.13. The first-order valence-corrected chi connectivity index (χ1v) is 9.08. The van der Waals surface area contributed by atoms with Crippen LogP contribution in [0, 0.1) is 6.92 Å². The quantitative estimate of drug-likeness (QED) is 0.557. The fourth-order valence-electron chi connectivity index (χ4n) is 2.62. The highest BCUT2D eigenvalue weighted by Crippen LogP contribution is 2.22. The number of nitrogens with two attached hydrogens (primary N) is 1. The maximum atomic E-state index is 12.4. The molecule has 148 valence electrons. The number of hydrogen-bond donors (Lipinski definition) is 3. The summed E-state index contributed by atoms with van der Waals surface area (Å²) in [4.78, 5) is 28.2. The summed E-state index contributed by atoms with van der Waals surface area (Å²) in [6.07, 6.45) is 2.77. The van der Waals surface area contributed by atoms with Gasteiger partial charge in [0.2, 0.25) is 0 Å². The summed E-state index contributed by atoms with van der Waals surface area (Å²) in [5.74, 6) is -0.252. The van der Waals surface area contributed by atoms with Gasteiger partial charge in [-0.1, -0.05) is 30.3 Å². The summed E-state index contributed by atoms with van der Waals surface area (Å²) in [6.45, 7) is 2.33. The van der Waals surface area contributed by atoms with Crippen molar-refractivity contribution in [3.8, 4) is 0 Å². The van der Waals surface area contributed by atoms with Crippen LogP contribution in [0.3, 0.4) is 0 Å². The molecule has 2 aromatic carbocycles. The molecule has 3 aromatic rings. The lowest BCUT2D eigenvalue weighted by Gasteiger charge is -2.11. The lowest BCUT2D eigenvalue weighted by Crippen LogP contribution is -2.23. The molecule has 0 spiro atoms. The van der Waals surface area contributed by atoms with E-state index >= 15 is 0 Å². The number of aromatic nitrogens is 1. The minimum absolute atomic E-state index is 0.154. The van der Waals surface area contributed by atoms with Crippen LogP contribution in [0.4, 0.5) is 16.2 Å². The molecule has 0 atom stereocenters. The summed E-state index contributed by atoms with van der Waals surface area (Å²) in [7, 11) is 0. The molecule has 4 N–H and O–H groups in total. The standard InChI is InChI=1S/C22H22N4O3/c1-15-4-2-6-19(20(15)23)26-21(27)18-9-7-16(8-10-18)13-25-22(28)29-14-17-5-3-11-24-12-17/h2-12H,13-14,23H2,1H3,(H,25,28)(H,26,27). The molecule has 0 unspecified atom stereocenters. The van der Waals surface area contributed by atoms with Crippen LogP contribution in [0.2, 0.25) is 0 Å². The number of carbonyl (C=O) groups excluding carboxylic acids is 2. The molecular weight excluding hydrogens is 368 g/mol. The molecule has 29 heavy (non-hydrogen) atoms. The van der Waals surface area contributed by atoms with Crippen LogP contribution in [0.15, 0.2) is 67.0 Å². The van der Waals surface area contributed by atoms with E-state index in [2.05, 4.69) is 15.6 Å². The molecule has 0 saturated carbocycles. The van der Waals surface area contributed by atoms with E-state index in [1.165, 1.54) is 0 Å². The Morgan fingerprint density at radius 1 is 1.03 bits per heavy atom. The molecule has 2 amide bonds. The molecule has 1 aromatic heterocycles. The van der Waals surface area contributed by atoms with Gasteiger partial charge in [0.1, 0.15) is 6.61 Å². The Kier molecular flexibility index (Phi) is 6.42. The number of hydrogen-bond acceptors (Lipinski definition) is 5. The summed E-state index contributed by atoms with van der Waals surface area (Å²) >= 11 is 0. The van der Waals surface area contributed by atoms with E-state index in [1.54, 1.807) is 48.8 Å². The largest absolute Gasteiger partial charge is 0.445 e. The zero-order valence-electron chi connectivity index (χ0n) is 16.0. The van der Waals surface area contributed by atoms with Crippen molar-refractivity contribution in [3.05, 3.63) is 89.2 Å². The molecule has 0 fully saturated rings. The highest BCUT2D eigenvalue weighted by atomic mass is 16.5. The van der Waals surface area contributed by atoms with E-state index in [4.69, 9.17) is 10.5 Å². The fourth-order valence-corrected chi connectivity index (χ4v) is 2.62. The number of para-hydroxylation sites is 1. The molecule has 0 radical (unpaired) electrons. The van der Waals surface area contributed by atoms with Gasteiger partial charge >= 0.3 is 6.09 Å². The van der Waals surface area contributed by atoms with Crippen molar-refractivity contribution in [2.75, 3.05) is 11.1 Å². The zero-order valence-corrected chi connectivity index (χ0v) is 16.0. The summed E-state index contributed by atoms with van der Waals surface area (Å²) in [5.41, 5.74) is 10.2. The van der Waals surface area contributed by atoms with Gasteiger partial charge in [-0.05, 0) is 42.3 Å². The predicted molar refractivity (Wildman–Crippen MR) is 111 cm³/mol. The van der Waals surface area contributed by atoms with E-state index in [0.29, 0.717) is 23.5 Å². The third-order valence-corrected chi connectivity index (χ3v) is 4.32. The Hall–Kier alpha value is -3.87. The molecule has 7 heteroatoms. The number of carbonyl (C=O) groups is 2. The van der Waals surface area contributed by atoms with E-state index in [1.807, 2.05) is 25.1 Å². The Bertz CT molecular complexity index is 989. The van der Waals surface area contributed by atoms with E-state index in [-0.39, 0.29) is 12.5 Å². The number of pyridine rings is 1. The molecule has 3 rings (SSSR count). The lowest BCUT2D eigenvalue weighted by atomic mass is 10.1. The average Bonchev–Trinajstić information content (AvgIpc) is 2.75. The number of amides is 2. The van der Waals surface area contributed by atoms with Crippen molar-refractivity contribution in [3.63, 3.8) is 0 Å². The summed E-state index contributed by atoms with van der Waals surface area (Å²) in [5, 5.41) is 5.48. The van der Waals surface area contributed by atoms with Gasteiger partial charge in [0.05, 0.1) is 11.4 Å². The van der Waals surface area contributed by atoms with Crippen LogP contribution >= 0.6 is 0 Å². The third-order valence-electron chi connectivity index (χ3n) is 4.32. The highest BCUT2D eigenvalue weighted by Gasteiger charge is 2.09. The number of anilines is 2. The fraction of sp³-hybridized carbons (Fsp3) is 0.136. The minimum atomic E-state index is -0.523. The van der Waals surface area contributed by atoms with E-state index in [0.717, 1.165) is 16.7 Å². The number of benzene rings is 2. The van der Waals surface area contributed by atoms with Gasteiger partial charge in [-0.25, -0.2) is 4.79 Å². The Balaban J connectivity index is 1.50. The first-order chi connectivity index (χ1) is 14.0. The highest BCUT2D eigenvalue weighted by molar-refractivity contribution is 6.05. The normalized spacial score (nSPS) is 10.2. The molecular formula is C22H22N4O3. The molecule has 0 saturated heterocycles. The molecule has 0 bridgehead atoms. The number of alkyl carbamates (subject to hydrolysis) is 1. The Morgan fingerprint density at radius 2 is 1.83 bits per heavy atom. The van der Waals surface area contributed by atoms with Gasteiger partial charge in [-0.2, -0.15) is 0 Å². The second kappa shape index (κ2) is 9.36. The minimum Gasteiger partial charge on any atom is -0.445 e. The average molecular weight is 390 g/mol. The number of nitrogens with zero attached hydrogens (tertiary/aromatic N) is 1. The monoisotopic (exact) mass is 390 g/mol. The second-order valence-electron chi connectivity index (χ2n) is 6.48. The first kappa shape index (κ1) is 19.9. The van der Waals surface area contributed by atoms with Crippen LogP contribution in [0.5, 0.6) is 0 Å². The van der Waals surface area contributed by atoms with Gasteiger partial charge in [-0.15, -0.1) is 0 Å². The van der Waals surface area contributed by atoms with Crippen molar-refractivity contribution < 1.29 is 14.3 Å². The maximum Gasteiger partial charge on any atom is 0.407 e. The van der Waals surface area contributed by atoms with Crippen molar-refractivity contribution in [1.29, 1.82) is 0 Å². The van der Waals surface area contributed by atoms with Crippen LogP contribution in [0.1, 0.15) is 27.0 Å². The van der Waals surface area contributed by atoms with Gasteiger partial charge in [-0.3, -0.25) is 9.78 Å². The maximum absolute atomic E-state index is 12.4. The van der Waals surface area contributed by atoms with Gasteiger partial charge in [0.15, 0.2) is 0 Å². The molecule has 7 nitrogen and oxygen atoms in total. The van der Waals surface area contributed by atoms with Gasteiger partial charge in [0, 0.05) is 30.1 Å². The molecule has 0 aliphatic carbocycles. The second-order valence-corrected chi connectivity index (χ2v) is 6.48. The SMILES string of the molecule is Cc1cccc(NC(=O)c2ccc(CNC(=O)OCc3cccnc3)cc2)c1N. The van der Waals surface area contributed by atoms with Crippen molar-refractivity contribution in [2.24, 2.45) is 0 Å². The number of rotatable bonds is 6. The lowest BCUT2D eigenvalue weighted by molar-refractivity contribution is 0.102. The van der Waals surface area contributed by atoms with Gasteiger partial charge < -0.3 is 21.1 Å². The van der Waals surface area contributed by atoms with Crippen LogP contribution in [-0.4, -0.2) is 17.0 Å². The van der Waals surface area contributed by atoms with Crippen LogP contribution in [0.25, 0.3) is 0 Å². The summed E-state index contributed by atoms with van der Waals surface area (Å²) in [6, 6.07) is 16.0. The molecule has 1 heterocycles. The van der Waals surface area contributed by atoms with E-state index < -0.39 is 6.09 Å². The van der Waals surface area contributed by atoms with Crippen molar-refractivity contribution in [2.45, 2.75) is 20.1 Å². The van der Waals surface area contributed by atoms with Crippen LogP contribution < -0.4 is 16.4 Å². The smallest absolute Gasteiger partial charge is 0.407 e. The number of nitrogen functional groups attached to an aromatic ring is 1. The van der Waals surface area contributed by atoms with Crippen LogP contribution in [-0.2, 0) is 17.9 Å². The molecule has 0 aliphatic rings. The number of ether oxygens (including phenoxy) is 1.